The summed E-state index contributed by atoms with van der Waals surface area (Å²) in [6.07, 6.45) is 0. The molecule has 0 heterocycles. The van der Waals surface area contributed by atoms with Gasteiger partial charge in [0.05, 0.1) is 0 Å². The number of carbonyl (C=O) groups is 3. The number of hydrogen-bond acceptors (Lipinski definition) is 3. The van der Waals surface area contributed by atoms with Crippen LogP contribution in [0.1, 0.15) is 53.3 Å². The zero-order chi connectivity index (χ0) is 39.6. The lowest BCUT2D eigenvalue weighted by Crippen LogP contribution is -2.26. The number of hydrogen-bond donors (Lipinski definition) is 0. The highest BCUT2D eigenvalue weighted by atomic mass is 16.2. The lowest BCUT2D eigenvalue weighted by Gasteiger charge is -2.23. The lowest BCUT2D eigenvalue weighted by molar-refractivity contribution is 0.0985. The average molecular weight is 740 g/mol. The van der Waals surface area contributed by atoms with Gasteiger partial charge in [-0.3, -0.25) is 19.3 Å². The van der Waals surface area contributed by atoms with E-state index in [0.29, 0.717) is 22.4 Å². The Morgan fingerprint density at radius 1 is 0.316 bits per heavy atom. The summed E-state index contributed by atoms with van der Waals surface area (Å²) in [6.45, 7) is 0. The van der Waals surface area contributed by atoms with Crippen molar-refractivity contribution in [2.24, 2.45) is 0 Å². The number of anilines is 4. The molecule has 7 aromatic rings. The Balaban J connectivity index is 1.02. The van der Waals surface area contributed by atoms with Gasteiger partial charge in [0, 0.05) is 75.8 Å². The normalized spacial score (nSPS) is 10.2. The van der Waals surface area contributed by atoms with Crippen LogP contribution in [0.25, 0.3) is 0 Å². The van der Waals surface area contributed by atoms with Crippen LogP contribution in [0.3, 0.4) is 0 Å². The third kappa shape index (κ3) is 9.07. The van der Waals surface area contributed by atoms with Gasteiger partial charge >= 0.3 is 0 Å². The molecule has 0 N–H and O–H groups in total. The third-order valence-electron chi connectivity index (χ3n) is 9.34. The van der Waals surface area contributed by atoms with Gasteiger partial charge in [0.15, 0.2) is 0 Å². The number of rotatable bonds is 7. The minimum atomic E-state index is -0.183. The molecule has 0 saturated heterocycles. The van der Waals surface area contributed by atoms with Crippen molar-refractivity contribution in [2.75, 3.05) is 28.8 Å². The highest BCUT2D eigenvalue weighted by Gasteiger charge is 2.20. The highest BCUT2D eigenvalue weighted by Crippen LogP contribution is 2.28. The summed E-state index contributed by atoms with van der Waals surface area (Å²) in [5.74, 6) is 12.4. The van der Waals surface area contributed by atoms with Gasteiger partial charge in [-0.25, -0.2) is 0 Å². The third-order valence-corrected chi connectivity index (χ3v) is 9.34. The predicted molar refractivity (Wildman–Crippen MR) is 229 cm³/mol. The molecule has 0 fully saturated rings. The first kappa shape index (κ1) is 37.4. The van der Waals surface area contributed by atoms with E-state index in [1.165, 1.54) is 0 Å². The summed E-state index contributed by atoms with van der Waals surface area (Å²) in [5.41, 5.74) is 7.88. The summed E-state index contributed by atoms with van der Waals surface area (Å²) in [4.78, 5) is 44.8. The van der Waals surface area contributed by atoms with Crippen LogP contribution in [0.15, 0.2) is 188 Å². The standard InChI is InChI=1S/C51H37N3O3/c1-52(45-14-8-4-9-15-45)50(56)43-30-22-38(23-31-43)19-21-41-28-36-48(37-29-41)54(47-16-10-5-11-17-47)51(57)44-32-24-39(25-33-44)18-20-40-26-34-46(35-27-40)53(2)49(55)42-12-6-3-7-13-42/h3-17,22-37H,1-2H3. The number of nitrogens with zero attached hydrogens (tertiary/aromatic N) is 3. The van der Waals surface area contributed by atoms with E-state index in [0.717, 1.165) is 39.3 Å². The van der Waals surface area contributed by atoms with Crippen molar-refractivity contribution in [1.29, 1.82) is 0 Å². The first-order chi connectivity index (χ1) is 27.8. The van der Waals surface area contributed by atoms with Crippen LogP contribution in [-0.4, -0.2) is 31.8 Å². The van der Waals surface area contributed by atoms with Gasteiger partial charge in [0.1, 0.15) is 0 Å². The Morgan fingerprint density at radius 2 is 0.596 bits per heavy atom. The van der Waals surface area contributed by atoms with E-state index in [2.05, 4.69) is 23.7 Å². The Morgan fingerprint density at radius 3 is 1.02 bits per heavy atom. The van der Waals surface area contributed by atoms with Gasteiger partial charge in [-0.2, -0.15) is 0 Å². The molecule has 0 aliphatic carbocycles. The van der Waals surface area contributed by atoms with Crippen LogP contribution in [-0.2, 0) is 0 Å². The minimum absolute atomic E-state index is 0.0843. The molecule has 274 valence electrons. The second kappa shape index (κ2) is 17.5. The van der Waals surface area contributed by atoms with Gasteiger partial charge in [-0.15, -0.1) is 0 Å². The highest BCUT2D eigenvalue weighted by molar-refractivity contribution is 6.11. The number of benzene rings is 7. The Kier molecular flexibility index (Phi) is 11.5. The van der Waals surface area contributed by atoms with E-state index < -0.39 is 0 Å². The van der Waals surface area contributed by atoms with Crippen LogP contribution < -0.4 is 14.7 Å². The molecule has 7 aromatic carbocycles. The van der Waals surface area contributed by atoms with Gasteiger partial charge in [-0.1, -0.05) is 78.3 Å². The largest absolute Gasteiger partial charge is 0.311 e. The molecule has 7 rings (SSSR count). The summed E-state index contributed by atoms with van der Waals surface area (Å²) in [7, 11) is 3.51. The predicted octanol–water partition coefficient (Wildman–Crippen LogP) is 10.0. The molecular weight excluding hydrogens is 703 g/mol. The van der Waals surface area contributed by atoms with Crippen molar-refractivity contribution >= 4 is 40.5 Å². The quantitative estimate of drug-likeness (QED) is 0.153. The smallest absolute Gasteiger partial charge is 0.262 e. The lowest BCUT2D eigenvalue weighted by atomic mass is 10.1. The molecule has 6 heteroatoms. The van der Waals surface area contributed by atoms with Crippen molar-refractivity contribution in [3.05, 3.63) is 227 Å². The molecule has 57 heavy (non-hydrogen) atoms. The molecular formula is C51H37N3O3. The Labute approximate surface area is 333 Å². The molecule has 0 atom stereocenters. The van der Waals surface area contributed by atoms with E-state index in [9.17, 15) is 14.4 Å². The number of carbonyl (C=O) groups excluding carboxylic acids is 3. The molecule has 0 unspecified atom stereocenters. The van der Waals surface area contributed by atoms with Crippen LogP contribution in [0, 0.1) is 23.7 Å². The molecule has 0 bridgehead atoms. The second-order valence-electron chi connectivity index (χ2n) is 13.2. The van der Waals surface area contributed by atoms with Crippen LogP contribution in [0.2, 0.25) is 0 Å². The Hall–Kier alpha value is -7.93. The monoisotopic (exact) mass is 739 g/mol. The maximum atomic E-state index is 14.1. The van der Waals surface area contributed by atoms with Crippen molar-refractivity contribution in [3.8, 4) is 23.7 Å². The van der Waals surface area contributed by atoms with Gasteiger partial charge in [-0.05, 0) is 133 Å². The van der Waals surface area contributed by atoms with Crippen LogP contribution in [0.4, 0.5) is 22.7 Å². The molecule has 0 radical (unpaired) electrons. The van der Waals surface area contributed by atoms with Crippen molar-refractivity contribution < 1.29 is 14.4 Å². The Bertz CT molecular complexity index is 2620. The molecule has 0 saturated carbocycles. The average Bonchev–Trinajstić information content (AvgIpc) is 3.28. The molecule has 3 amide bonds. The van der Waals surface area contributed by atoms with Gasteiger partial charge in [0.2, 0.25) is 0 Å². The molecule has 0 aromatic heterocycles. The minimum Gasteiger partial charge on any atom is -0.311 e. The SMILES string of the molecule is CN(C(=O)c1ccc(C#Cc2ccc(N(C(=O)c3ccc(C#Cc4ccc(N(C)C(=O)c5ccccc5)cc4)cc3)c3ccccc3)cc2)cc1)c1ccccc1. The van der Waals surface area contributed by atoms with E-state index >= 15 is 0 Å². The van der Waals surface area contributed by atoms with E-state index in [4.69, 9.17) is 0 Å². The zero-order valence-electron chi connectivity index (χ0n) is 31.5. The van der Waals surface area contributed by atoms with Crippen molar-refractivity contribution in [2.45, 2.75) is 0 Å². The maximum absolute atomic E-state index is 14.1. The number of para-hydroxylation sites is 2. The molecule has 0 spiro atoms. The van der Waals surface area contributed by atoms with Gasteiger partial charge in [0.25, 0.3) is 17.7 Å². The van der Waals surface area contributed by atoms with E-state index in [1.807, 2.05) is 152 Å². The summed E-state index contributed by atoms with van der Waals surface area (Å²) >= 11 is 0. The van der Waals surface area contributed by atoms with Crippen molar-refractivity contribution in [3.63, 3.8) is 0 Å². The fourth-order valence-electron chi connectivity index (χ4n) is 6.09. The molecule has 0 aliphatic heterocycles. The van der Waals surface area contributed by atoms with Crippen molar-refractivity contribution in [1.82, 2.24) is 0 Å². The first-order valence-electron chi connectivity index (χ1n) is 18.3. The summed E-state index contributed by atoms with van der Waals surface area (Å²) in [5, 5.41) is 0. The summed E-state index contributed by atoms with van der Waals surface area (Å²) < 4.78 is 0. The van der Waals surface area contributed by atoms with Gasteiger partial charge < -0.3 is 9.80 Å². The summed E-state index contributed by atoms with van der Waals surface area (Å²) in [6, 6.07) is 57.8. The van der Waals surface area contributed by atoms with E-state index in [1.54, 1.807) is 65.2 Å². The first-order valence-corrected chi connectivity index (χ1v) is 18.3. The topological polar surface area (TPSA) is 60.9 Å². The zero-order valence-corrected chi connectivity index (χ0v) is 31.5. The van der Waals surface area contributed by atoms with Crippen LogP contribution >= 0.6 is 0 Å². The number of amides is 3. The molecule has 6 nitrogen and oxygen atoms in total. The van der Waals surface area contributed by atoms with Crippen LogP contribution in [0.5, 0.6) is 0 Å². The fraction of sp³-hybridized carbons (Fsp3) is 0.0392. The fourth-order valence-corrected chi connectivity index (χ4v) is 6.09. The molecule has 0 aliphatic rings. The second-order valence-corrected chi connectivity index (χ2v) is 13.2. The maximum Gasteiger partial charge on any atom is 0.262 e. The van der Waals surface area contributed by atoms with E-state index in [-0.39, 0.29) is 17.7 Å².